The van der Waals surface area contributed by atoms with Gasteiger partial charge in [-0.05, 0) is 38.0 Å². The predicted octanol–water partition coefficient (Wildman–Crippen LogP) is 3.52. The minimum atomic E-state index is -0.0631. The van der Waals surface area contributed by atoms with Gasteiger partial charge in [0.05, 0.1) is 0 Å². The number of hydrogen-bond acceptors (Lipinski definition) is 4. The fourth-order valence-corrected chi connectivity index (χ4v) is 2.82. The van der Waals surface area contributed by atoms with Gasteiger partial charge in [-0.15, -0.1) is 0 Å². The Morgan fingerprint density at radius 1 is 1.20 bits per heavy atom. The van der Waals surface area contributed by atoms with E-state index in [1.165, 1.54) is 24.1 Å². The molecule has 1 aromatic heterocycles. The SMILES string of the molecule is CCOC(c1nc2c(c(NC)n1)CCCC2)C(C)(C)C. The van der Waals surface area contributed by atoms with Gasteiger partial charge in [0.15, 0.2) is 5.82 Å². The Morgan fingerprint density at radius 2 is 1.90 bits per heavy atom. The summed E-state index contributed by atoms with van der Waals surface area (Å²) in [4.78, 5) is 9.57. The molecule has 20 heavy (non-hydrogen) atoms. The molecule has 4 heteroatoms. The number of nitrogens with zero attached hydrogens (tertiary/aromatic N) is 2. The first-order chi connectivity index (χ1) is 9.47. The van der Waals surface area contributed by atoms with Crippen LogP contribution in [0.15, 0.2) is 0 Å². The first-order valence-corrected chi connectivity index (χ1v) is 7.66. The van der Waals surface area contributed by atoms with Crippen molar-refractivity contribution in [3.8, 4) is 0 Å². The Kier molecular flexibility index (Phi) is 4.63. The van der Waals surface area contributed by atoms with Gasteiger partial charge < -0.3 is 10.1 Å². The molecule has 0 saturated heterocycles. The van der Waals surface area contributed by atoms with Gasteiger partial charge in [0, 0.05) is 24.9 Å². The smallest absolute Gasteiger partial charge is 0.160 e. The number of nitrogens with one attached hydrogen (secondary N) is 1. The van der Waals surface area contributed by atoms with Crippen molar-refractivity contribution in [3.63, 3.8) is 0 Å². The van der Waals surface area contributed by atoms with Crippen molar-refractivity contribution in [2.24, 2.45) is 5.41 Å². The average molecular weight is 277 g/mol. The van der Waals surface area contributed by atoms with E-state index in [1.54, 1.807) is 0 Å². The van der Waals surface area contributed by atoms with Gasteiger partial charge in [-0.25, -0.2) is 9.97 Å². The summed E-state index contributed by atoms with van der Waals surface area (Å²) in [5, 5.41) is 3.24. The maximum absolute atomic E-state index is 5.93. The third-order valence-electron chi connectivity index (χ3n) is 3.79. The monoisotopic (exact) mass is 277 g/mol. The molecule has 1 atom stereocenters. The first-order valence-electron chi connectivity index (χ1n) is 7.66. The summed E-state index contributed by atoms with van der Waals surface area (Å²) in [6, 6.07) is 0. The van der Waals surface area contributed by atoms with E-state index in [0.717, 1.165) is 24.5 Å². The molecule has 1 aromatic rings. The molecular weight excluding hydrogens is 250 g/mol. The van der Waals surface area contributed by atoms with E-state index in [1.807, 2.05) is 14.0 Å². The number of aromatic nitrogens is 2. The van der Waals surface area contributed by atoms with Crippen LogP contribution in [-0.2, 0) is 17.6 Å². The molecule has 1 N–H and O–H groups in total. The molecule has 1 heterocycles. The molecule has 2 rings (SSSR count). The molecule has 112 valence electrons. The van der Waals surface area contributed by atoms with Gasteiger partial charge in [-0.1, -0.05) is 20.8 Å². The second-order valence-electron chi connectivity index (χ2n) is 6.51. The Balaban J connectivity index is 2.45. The fraction of sp³-hybridized carbons (Fsp3) is 0.750. The number of rotatable bonds is 4. The summed E-state index contributed by atoms with van der Waals surface area (Å²) in [5.74, 6) is 1.81. The van der Waals surface area contributed by atoms with Crippen LogP contribution in [0.25, 0.3) is 0 Å². The second-order valence-corrected chi connectivity index (χ2v) is 6.51. The van der Waals surface area contributed by atoms with Crippen molar-refractivity contribution in [3.05, 3.63) is 17.1 Å². The van der Waals surface area contributed by atoms with Gasteiger partial charge in [-0.3, -0.25) is 0 Å². The summed E-state index contributed by atoms with van der Waals surface area (Å²) in [6.07, 6.45) is 4.54. The zero-order chi connectivity index (χ0) is 14.8. The third-order valence-corrected chi connectivity index (χ3v) is 3.79. The highest BCUT2D eigenvalue weighted by Gasteiger charge is 2.31. The summed E-state index contributed by atoms with van der Waals surface area (Å²) in [5.41, 5.74) is 2.50. The fourth-order valence-electron chi connectivity index (χ4n) is 2.82. The van der Waals surface area contributed by atoms with E-state index in [-0.39, 0.29) is 11.5 Å². The lowest BCUT2D eigenvalue weighted by molar-refractivity contribution is -0.0192. The van der Waals surface area contributed by atoms with Crippen molar-refractivity contribution < 1.29 is 4.74 Å². The second kappa shape index (κ2) is 6.08. The summed E-state index contributed by atoms with van der Waals surface area (Å²) in [7, 11) is 1.94. The van der Waals surface area contributed by atoms with Gasteiger partial charge in [-0.2, -0.15) is 0 Å². The van der Waals surface area contributed by atoms with Crippen LogP contribution in [0.2, 0.25) is 0 Å². The standard InChI is InChI=1S/C16H27N3O/c1-6-20-13(16(2,3)4)15-18-12-10-8-7-9-11(12)14(17-5)19-15/h13H,6-10H2,1-5H3,(H,17,18,19). The number of ether oxygens (including phenoxy) is 1. The number of anilines is 1. The topological polar surface area (TPSA) is 47.0 Å². The Hall–Kier alpha value is -1.16. The molecule has 0 saturated carbocycles. The van der Waals surface area contributed by atoms with Gasteiger partial charge in [0.1, 0.15) is 11.9 Å². The van der Waals surface area contributed by atoms with Crippen molar-refractivity contribution in [2.75, 3.05) is 19.0 Å². The molecule has 1 aliphatic rings. The number of aryl methyl sites for hydroxylation is 1. The minimum absolute atomic E-state index is 0.01000. The van der Waals surface area contributed by atoms with Crippen LogP contribution in [0.3, 0.4) is 0 Å². The van der Waals surface area contributed by atoms with Crippen LogP contribution in [0.5, 0.6) is 0 Å². The summed E-state index contributed by atoms with van der Waals surface area (Å²) in [6.45, 7) is 9.23. The molecule has 0 radical (unpaired) electrons. The lowest BCUT2D eigenvalue weighted by Gasteiger charge is -2.30. The van der Waals surface area contributed by atoms with Crippen LogP contribution < -0.4 is 5.32 Å². The quantitative estimate of drug-likeness (QED) is 0.914. The van der Waals surface area contributed by atoms with Crippen molar-refractivity contribution in [1.82, 2.24) is 9.97 Å². The zero-order valence-corrected chi connectivity index (χ0v) is 13.4. The van der Waals surface area contributed by atoms with E-state index >= 15 is 0 Å². The van der Waals surface area contributed by atoms with E-state index < -0.39 is 0 Å². The molecule has 0 spiro atoms. The van der Waals surface area contributed by atoms with Gasteiger partial charge in [0.25, 0.3) is 0 Å². The van der Waals surface area contributed by atoms with Crippen molar-refractivity contribution >= 4 is 5.82 Å². The van der Waals surface area contributed by atoms with Gasteiger partial charge >= 0.3 is 0 Å². The highest BCUT2D eigenvalue weighted by Crippen LogP contribution is 2.36. The molecule has 1 unspecified atom stereocenters. The molecule has 0 amide bonds. The number of hydrogen-bond donors (Lipinski definition) is 1. The molecule has 4 nitrogen and oxygen atoms in total. The van der Waals surface area contributed by atoms with E-state index in [4.69, 9.17) is 14.7 Å². The van der Waals surface area contributed by atoms with Crippen LogP contribution >= 0.6 is 0 Å². The van der Waals surface area contributed by atoms with E-state index in [2.05, 4.69) is 26.1 Å². The average Bonchev–Trinajstić information content (AvgIpc) is 2.42. The lowest BCUT2D eigenvalue weighted by Crippen LogP contribution is -2.25. The zero-order valence-electron chi connectivity index (χ0n) is 13.4. The first kappa shape index (κ1) is 15.2. The van der Waals surface area contributed by atoms with Crippen LogP contribution in [0.1, 0.15) is 63.7 Å². The Labute approximate surface area is 122 Å². The summed E-state index contributed by atoms with van der Waals surface area (Å²) < 4.78 is 5.93. The molecule has 1 aliphatic carbocycles. The van der Waals surface area contributed by atoms with Gasteiger partial charge in [0.2, 0.25) is 0 Å². The highest BCUT2D eigenvalue weighted by molar-refractivity contribution is 5.47. The predicted molar refractivity (Wildman–Crippen MR) is 82.0 cm³/mol. The summed E-state index contributed by atoms with van der Waals surface area (Å²) >= 11 is 0. The van der Waals surface area contributed by atoms with Crippen LogP contribution in [0, 0.1) is 5.41 Å². The molecule has 0 aromatic carbocycles. The molecule has 0 aliphatic heterocycles. The molecular formula is C16H27N3O. The normalized spacial score (nSPS) is 16.6. The van der Waals surface area contributed by atoms with E-state index in [9.17, 15) is 0 Å². The van der Waals surface area contributed by atoms with E-state index in [0.29, 0.717) is 6.61 Å². The molecule has 0 fully saturated rings. The van der Waals surface area contributed by atoms with Crippen molar-refractivity contribution in [2.45, 2.75) is 59.5 Å². The highest BCUT2D eigenvalue weighted by atomic mass is 16.5. The van der Waals surface area contributed by atoms with Crippen LogP contribution in [-0.4, -0.2) is 23.6 Å². The minimum Gasteiger partial charge on any atom is -0.373 e. The van der Waals surface area contributed by atoms with Crippen molar-refractivity contribution in [1.29, 1.82) is 0 Å². The maximum atomic E-state index is 5.93. The maximum Gasteiger partial charge on any atom is 0.160 e. The Bertz CT molecular complexity index is 448. The lowest BCUT2D eigenvalue weighted by atomic mass is 9.88. The Morgan fingerprint density at radius 3 is 2.50 bits per heavy atom. The molecule has 0 bridgehead atoms. The van der Waals surface area contributed by atoms with Crippen LogP contribution in [0.4, 0.5) is 5.82 Å². The third kappa shape index (κ3) is 3.11. The largest absolute Gasteiger partial charge is 0.373 e. The number of fused-ring (bicyclic) bond motifs is 1.